The normalized spacial score (nSPS) is 10.7. The Morgan fingerprint density at radius 1 is 1.22 bits per heavy atom. The van der Waals surface area contributed by atoms with Gasteiger partial charge < -0.3 is 10.3 Å². The van der Waals surface area contributed by atoms with Crippen molar-refractivity contribution in [2.75, 3.05) is 0 Å². The van der Waals surface area contributed by atoms with E-state index in [9.17, 15) is 4.79 Å². The molecule has 2 rings (SSSR count). The molecule has 1 aromatic carbocycles. The van der Waals surface area contributed by atoms with E-state index in [1.807, 2.05) is 6.07 Å². The van der Waals surface area contributed by atoms with Gasteiger partial charge >= 0.3 is 0 Å². The van der Waals surface area contributed by atoms with Gasteiger partial charge in [0.2, 0.25) is 0 Å². The van der Waals surface area contributed by atoms with Crippen LogP contribution in [0, 0.1) is 0 Å². The van der Waals surface area contributed by atoms with Crippen LogP contribution < -0.4 is 11.3 Å². The fraction of sp³-hybridized carbons (Fsp3) is 0.154. The molecule has 0 aliphatic carbocycles. The zero-order chi connectivity index (χ0) is 13.3. The second-order valence-electron chi connectivity index (χ2n) is 3.94. The van der Waals surface area contributed by atoms with E-state index in [4.69, 9.17) is 28.9 Å². The van der Waals surface area contributed by atoms with Crippen LogP contribution in [0.1, 0.15) is 5.56 Å². The summed E-state index contributed by atoms with van der Waals surface area (Å²) in [7, 11) is 1.69. The maximum absolute atomic E-state index is 12.0. The molecule has 5 heteroatoms. The molecule has 0 saturated heterocycles. The lowest BCUT2D eigenvalue weighted by Gasteiger charge is -2.11. The molecule has 3 nitrogen and oxygen atoms in total. The van der Waals surface area contributed by atoms with Gasteiger partial charge in [-0.1, -0.05) is 29.3 Å². The van der Waals surface area contributed by atoms with Gasteiger partial charge in [0.05, 0.1) is 5.69 Å². The maximum Gasteiger partial charge on any atom is 0.255 e. The van der Waals surface area contributed by atoms with E-state index in [-0.39, 0.29) is 12.1 Å². The summed E-state index contributed by atoms with van der Waals surface area (Å²) in [6.07, 6.45) is 0. The zero-order valence-corrected chi connectivity index (χ0v) is 11.3. The third-order valence-electron chi connectivity index (χ3n) is 2.81. The average Bonchev–Trinajstić information content (AvgIpc) is 2.36. The predicted molar refractivity (Wildman–Crippen MR) is 75.0 cm³/mol. The number of aromatic nitrogens is 1. The summed E-state index contributed by atoms with van der Waals surface area (Å²) in [5, 5.41) is 1.12. The molecule has 0 atom stereocenters. The Labute approximate surface area is 115 Å². The van der Waals surface area contributed by atoms with Crippen molar-refractivity contribution in [1.29, 1.82) is 0 Å². The number of rotatable bonds is 2. The highest BCUT2D eigenvalue weighted by atomic mass is 35.5. The highest BCUT2D eigenvalue weighted by molar-refractivity contribution is 6.35. The van der Waals surface area contributed by atoms with Gasteiger partial charge in [0.15, 0.2) is 0 Å². The van der Waals surface area contributed by atoms with Crippen molar-refractivity contribution < 1.29 is 0 Å². The summed E-state index contributed by atoms with van der Waals surface area (Å²) in [4.78, 5) is 12.0. The van der Waals surface area contributed by atoms with Gasteiger partial charge in [-0.2, -0.15) is 0 Å². The summed E-state index contributed by atoms with van der Waals surface area (Å²) < 4.78 is 1.53. The third kappa shape index (κ3) is 2.29. The molecule has 18 heavy (non-hydrogen) atoms. The Morgan fingerprint density at radius 3 is 2.61 bits per heavy atom. The molecule has 0 radical (unpaired) electrons. The first kappa shape index (κ1) is 13.1. The molecule has 1 heterocycles. The van der Waals surface area contributed by atoms with E-state index >= 15 is 0 Å². The van der Waals surface area contributed by atoms with Crippen LogP contribution in [0.3, 0.4) is 0 Å². The molecular formula is C13H12Cl2N2O. The Kier molecular flexibility index (Phi) is 3.76. The minimum absolute atomic E-state index is 0.119. The van der Waals surface area contributed by atoms with Gasteiger partial charge in [-0.25, -0.2) is 0 Å². The van der Waals surface area contributed by atoms with Crippen molar-refractivity contribution in [3.8, 4) is 11.3 Å². The molecule has 0 saturated carbocycles. The van der Waals surface area contributed by atoms with Crippen LogP contribution in [-0.2, 0) is 13.6 Å². The van der Waals surface area contributed by atoms with E-state index in [2.05, 4.69) is 0 Å². The summed E-state index contributed by atoms with van der Waals surface area (Å²) in [5.74, 6) is 0. The first-order chi connectivity index (χ1) is 8.54. The van der Waals surface area contributed by atoms with E-state index in [0.717, 1.165) is 5.56 Å². The molecule has 2 aromatic rings. The maximum atomic E-state index is 12.0. The van der Waals surface area contributed by atoms with Crippen molar-refractivity contribution in [3.63, 3.8) is 0 Å². The quantitative estimate of drug-likeness (QED) is 0.921. The lowest BCUT2D eigenvalue weighted by Crippen LogP contribution is -2.24. The van der Waals surface area contributed by atoms with E-state index in [1.165, 1.54) is 4.57 Å². The molecule has 0 aliphatic heterocycles. The van der Waals surface area contributed by atoms with Crippen LogP contribution in [0.15, 0.2) is 35.1 Å². The van der Waals surface area contributed by atoms with Crippen molar-refractivity contribution in [1.82, 2.24) is 4.57 Å². The largest absolute Gasteiger partial charge is 0.326 e. The van der Waals surface area contributed by atoms with Crippen molar-refractivity contribution in [2.24, 2.45) is 12.8 Å². The number of nitrogens with two attached hydrogens (primary N) is 1. The molecule has 0 amide bonds. The van der Waals surface area contributed by atoms with Crippen molar-refractivity contribution in [2.45, 2.75) is 6.54 Å². The third-order valence-corrected chi connectivity index (χ3v) is 3.37. The van der Waals surface area contributed by atoms with Crippen molar-refractivity contribution >= 4 is 23.2 Å². The molecular weight excluding hydrogens is 271 g/mol. The first-order valence-electron chi connectivity index (χ1n) is 5.39. The molecule has 0 aliphatic rings. The Hall–Kier alpha value is -1.29. The zero-order valence-electron chi connectivity index (χ0n) is 9.78. The summed E-state index contributed by atoms with van der Waals surface area (Å²) in [6.45, 7) is 0.218. The van der Waals surface area contributed by atoms with E-state index < -0.39 is 0 Å². The number of hydrogen-bond donors (Lipinski definition) is 1. The minimum atomic E-state index is -0.119. The number of halogens is 2. The number of hydrogen-bond acceptors (Lipinski definition) is 2. The molecule has 0 unspecified atom stereocenters. The molecule has 0 bridgehead atoms. The van der Waals surface area contributed by atoms with Crippen LogP contribution in [-0.4, -0.2) is 4.57 Å². The lowest BCUT2D eigenvalue weighted by molar-refractivity contribution is 0.839. The van der Waals surface area contributed by atoms with Crippen LogP contribution in [0.2, 0.25) is 10.0 Å². The second-order valence-corrected chi connectivity index (χ2v) is 4.78. The molecule has 2 N–H and O–H groups in total. The van der Waals surface area contributed by atoms with Gasteiger partial charge in [0.1, 0.15) is 0 Å². The first-order valence-corrected chi connectivity index (χ1v) is 6.14. The summed E-state index contributed by atoms with van der Waals surface area (Å²) >= 11 is 12.1. The van der Waals surface area contributed by atoms with Gasteiger partial charge in [-0.05, 0) is 24.3 Å². The summed E-state index contributed by atoms with van der Waals surface area (Å²) in [6, 6.07) is 8.69. The molecule has 1 aromatic heterocycles. The van der Waals surface area contributed by atoms with Crippen LogP contribution in [0.4, 0.5) is 0 Å². The Morgan fingerprint density at radius 2 is 1.94 bits per heavy atom. The summed E-state index contributed by atoms with van der Waals surface area (Å²) in [5.41, 5.74) is 7.39. The predicted octanol–water partition coefficient (Wildman–Crippen LogP) is 2.82. The monoisotopic (exact) mass is 282 g/mol. The standard InChI is InChI=1S/C13H12Cl2N2O/c1-17-12(5-2-8(7-16)13(17)18)10-6-9(14)3-4-11(10)15/h2-6H,7,16H2,1H3. The fourth-order valence-electron chi connectivity index (χ4n) is 1.81. The van der Waals surface area contributed by atoms with Crippen molar-refractivity contribution in [3.05, 3.63) is 56.3 Å². The number of benzene rings is 1. The van der Waals surface area contributed by atoms with E-state index in [0.29, 0.717) is 21.3 Å². The molecule has 0 spiro atoms. The SMILES string of the molecule is Cn1c(-c2cc(Cl)ccc2Cl)ccc(CN)c1=O. The number of pyridine rings is 1. The van der Waals surface area contributed by atoms with Gasteiger partial charge in [-0.3, -0.25) is 4.79 Å². The fourth-order valence-corrected chi connectivity index (χ4v) is 2.19. The highest BCUT2D eigenvalue weighted by Crippen LogP contribution is 2.29. The van der Waals surface area contributed by atoms with Gasteiger partial charge in [-0.15, -0.1) is 0 Å². The second kappa shape index (κ2) is 5.14. The molecule has 0 fully saturated rings. The topological polar surface area (TPSA) is 48.0 Å². The number of nitrogens with zero attached hydrogens (tertiary/aromatic N) is 1. The lowest BCUT2D eigenvalue weighted by atomic mass is 10.1. The average molecular weight is 283 g/mol. The van der Waals surface area contributed by atoms with Crippen LogP contribution in [0.25, 0.3) is 11.3 Å². The van der Waals surface area contributed by atoms with Crippen LogP contribution in [0.5, 0.6) is 0 Å². The van der Waals surface area contributed by atoms with Gasteiger partial charge in [0.25, 0.3) is 5.56 Å². The minimum Gasteiger partial charge on any atom is -0.326 e. The van der Waals surface area contributed by atoms with E-state index in [1.54, 1.807) is 31.3 Å². The Bertz CT molecular complexity index is 650. The Balaban J connectivity index is 2.69. The smallest absolute Gasteiger partial charge is 0.255 e. The highest BCUT2D eigenvalue weighted by Gasteiger charge is 2.10. The van der Waals surface area contributed by atoms with Gasteiger partial charge in [0, 0.05) is 34.8 Å². The van der Waals surface area contributed by atoms with Crippen LogP contribution >= 0.6 is 23.2 Å². The molecule has 94 valence electrons.